The molecule has 1 aromatic heterocycles. The maximum absolute atomic E-state index is 13.8. The van der Waals surface area contributed by atoms with Gasteiger partial charge in [0, 0.05) is 30.4 Å². The highest BCUT2D eigenvalue weighted by atomic mass is 19.1. The first-order chi connectivity index (χ1) is 14.8. The van der Waals surface area contributed by atoms with Gasteiger partial charge in [0.05, 0.1) is 12.6 Å². The molecular formula is C21H19F2N3O5. The molecule has 1 saturated carbocycles. The molecule has 3 atom stereocenters. The van der Waals surface area contributed by atoms with Crippen molar-refractivity contribution < 1.29 is 28.2 Å². The highest BCUT2D eigenvalue weighted by Crippen LogP contribution is 2.38. The number of aromatic nitrogens is 1. The number of rotatable bonds is 3. The van der Waals surface area contributed by atoms with Gasteiger partial charge in [0.2, 0.25) is 5.43 Å². The predicted molar refractivity (Wildman–Crippen MR) is 102 cm³/mol. The van der Waals surface area contributed by atoms with Crippen molar-refractivity contribution in [2.75, 3.05) is 0 Å². The van der Waals surface area contributed by atoms with Crippen molar-refractivity contribution in [3.63, 3.8) is 0 Å². The monoisotopic (exact) mass is 431 g/mol. The van der Waals surface area contributed by atoms with Crippen LogP contribution in [0.4, 0.5) is 8.78 Å². The Hall–Kier alpha value is -3.27. The first-order valence-electron chi connectivity index (χ1n) is 10.00. The Balaban J connectivity index is 1.43. The van der Waals surface area contributed by atoms with Crippen molar-refractivity contribution in [1.29, 1.82) is 0 Å². The standard InChI is InChI=1S/C21H19F2N3O5/c22-11-2-1-10(15(23)5-11)7-24-20(29)14-8-25-9-16-26(12-3-4-13(6-12)31-16)21(30)17(25)19(28)18(14)27/h1-2,5,8,12-13,16,28H,3-4,6-7,9H2,(H,24,29)/t12-,13+,16-/m0/s1. The summed E-state index contributed by atoms with van der Waals surface area (Å²) in [7, 11) is 0. The molecule has 2 N–H and O–H groups in total. The minimum absolute atomic E-state index is 0.00748. The summed E-state index contributed by atoms with van der Waals surface area (Å²) < 4.78 is 34.1. The molecule has 1 aliphatic carbocycles. The molecule has 10 heteroatoms. The number of benzene rings is 1. The third-order valence-corrected chi connectivity index (χ3v) is 6.16. The van der Waals surface area contributed by atoms with E-state index in [0.717, 1.165) is 25.3 Å². The molecular weight excluding hydrogens is 412 g/mol. The van der Waals surface area contributed by atoms with E-state index in [1.807, 2.05) is 0 Å². The van der Waals surface area contributed by atoms with E-state index >= 15 is 0 Å². The fourth-order valence-electron chi connectivity index (χ4n) is 4.65. The Morgan fingerprint density at radius 2 is 2.06 bits per heavy atom. The molecule has 0 unspecified atom stereocenters. The van der Waals surface area contributed by atoms with E-state index < -0.39 is 40.9 Å². The summed E-state index contributed by atoms with van der Waals surface area (Å²) in [5, 5.41) is 12.8. The zero-order valence-electron chi connectivity index (χ0n) is 16.3. The van der Waals surface area contributed by atoms with E-state index in [0.29, 0.717) is 6.07 Å². The van der Waals surface area contributed by atoms with Gasteiger partial charge in [0.25, 0.3) is 11.8 Å². The highest BCUT2D eigenvalue weighted by molar-refractivity contribution is 5.99. The molecule has 162 valence electrons. The summed E-state index contributed by atoms with van der Waals surface area (Å²) >= 11 is 0. The van der Waals surface area contributed by atoms with E-state index in [9.17, 15) is 28.3 Å². The van der Waals surface area contributed by atoms with Crippen molar-refractivity contribution in [1.82, 2.24) is 14.8 Å². The Bertz CT molecular complexity index is 1160. The second-order valence-corrected chi connectivity index (χ2v) is 8.03. The number of fused-ring (bicyclic) bond motifs is 5. The molecule has 31 heavy (non-hydrogen) atoms. The van der Waals surface area contributed by atoms with Gasteiger partial charge in [-0.05, 0) is 25.3 Å². The van der Waals surface area contributed by atoms with Crippen molar-refractivity contribution in [3.8, 4) is 5.75 Å². The topological polar surface area (TPSA) is 101 Å². The lowest BCUT2D eigenvalue weighted by atomic mass is 10.1. The first kappa shape index (κ1) is 19.7. The van der Waals surface area contributed by atoms with Gasteiger partial charge in [-0.25, -0.2) is 8.78 Å². The molecule has 1 saturated heterocycles. The molecule has 2 aromatic rings. The van der Waals surface area contributed by atoms with Crippen LogP contribution in [0.2, 0.25) is 0 Å². The smallest absolute Gasteiger partial charge is 0.276 e. The number of aromatic hydroxyl groups is 1. The summed E-state index contributed by atoms with van der Waals surface area (Å²) in [6, 6.07) is 2.94. The van der Waals surface area contributed by atoms with Gasteiger partial charge in [-0.1, -0.05) is 6.07 Å². The molecule has 0 spiro atoms. The number of carbonyl (C=O) groups is 2. The van der Waals surface area contributed by atoms with Gasteiger partial charge in [0.15, 0.2) is 17.7 Å². The number of carbonyl (C=O) groups excluding carboxylic acids is 2. The summed E-state index contributed by atoms with van der Waals surface area (Å²) in [6.07, 6.45) is 3.13. The summed E-state index contributed by atoms with van der Waals surface area (Å²) in [4.78, 5) is 39.8. The number of hydrogen-bond acceptors (Lipinski definition) is 5. The predicted octanol–water partition coefficient (Wildman–Crippen LogP) is 1.50. The number of ether oxygens (including phenoxy) is 1. The number of nitrogens with zero attached hydrogens (tertiary/aromatic N) is 2. The largest absolute Gasteiger partial charge is 0.503 e. The minimum atomic E-state index is -0.989. The van der Waals surface area contributed by atoms with Crippen LogP contribution in [0.5, 0.6) is 5.75 Å². The van der Waals surface area contributed by atoms with Crippen LogP contribution < -0.4 is 10.7 Å². The molecule has 8 nitrogen and oxygen atoms in total. The SMILES string of the molecule is O=C(NCc1ccc(F)cc1F)c1cn2c(c(O)c1=O)C(=O)N1[C@H]3CC[C@H](C3)O[C@H]1C2. The number of nitrogens with one attached hydrogen (secondary N) is 1. The highest BCUT2D eigenvalue weighted by Gasteiger charge is 2.47. The lowest BCUT2D eigenvalue weighted by Gasteiger charge is -2.44. The molecule has 2 fully saturated rings. The van der Waals surface area contributed by atoms with Crippen LogP contribution in [0.25, 0.3) is 0 Å². The van der Waals surface area contributed by atoms with Crippen molar-refractivity contribution >= 4 is 11.8 Å². The van der Waals surface area contributed by atoms with Crippen LogP contribution in [0.3, 0.4) is 0 Å². The van der Waals surface area contributed by atoms with Crippen LogP contribution in [-0.4, -0.2) is 44.8 Å². The molecule has 2 aliphatic heterocycles. The third-order valence-electron chi connectivity index (χ3n) is 6.16. The number of amides is 2. The Kier molecular flexibility index (Phi) is 4.54. The Morgan fingerprint density at radius 1 is 1.26 bits per heavy atom. The van der Waals surface area contributed by atoms with Gasteiger partial charge in [-0.2, -0.15) is 0 Å². The van der Waals surface area contributed by atoms with E-state index in [1.165, 1.54) is 16.8 Å². The fraction of sp³-hybridized carbons (Fsp3) is 0.381. The van der Waals surface area contributed by atoms with Gasteiger partial charge >= 0.3 is 0 Å². The van der Waals surface area contributed by atoms with Crippen LogP contribution in [0, 0.1) is 11.6 Å². The third kappa shape index (κ3) is 3.18. The Morgan fingerprint density at radius 3 is 2.84 bits per heavy atom. The lowest BCUT2D eigenvalue weighted by molar-refractivity contribution is -0.132. The van der Waals surface area contributed by atoms with Crippen molar-refractivity contribution in [2.24, 2.45) is 0 Å². The maximum Gasteiger partial charge on any atom is 0.276 e. The van der Waals surface area contributed by atoms with Gasteiger partial charge < -0.3 is 24.6 Å². The van der Waals surface area contributed by atoms with Crippen LogP contribution >= 0.6 is 0 Å². The quantitative estimate of drug-likeness (QED) is 0.767. The lowest BCUT2D eigenvalue weighted by Crippen LogP contribution is -2.57. The molecule has 5 rings (SSSR count). The maximum atomic E-state index is 13.8. The van der Waals surface area contributed by atoms with Gasteiger partial charge in [-0.3, -0.25) is 14.4 Å². The molecule has 3 aliphatic rings. The van der Waals surface area contributed by atoms with E-state index in [1.54, 1.807) is 4.90 Å². The van der Waals surface area contributed by atoms with Crippen LogP contribution in [0.1, 0.15) is 45.7 Å². The number of hydrogen-bond donors (Lipinski definition) is 2. The normalized spacial score (nSPS) is 24.0. The molecule has 2 bridgehead atoms. The van der Waals surface area contributed by atoms with Crippen molar-refractivity contribution in [2.45, 2.75) is 50.7 Å². The zero-order chi connectivity index (χ0) is 21.9. The summed E-state index contributed by atoms with van der Waals surface area (Å²) in [5.41, 5.74) is -1.51. The zero-order valence-corrected chi connectivity index (χ0v) is 16.3. The van der Waals surface area contributed by atoms with E-state index in [2.05, 4.69) is 5.32 Å². The molecule has 2 amide bonds. The van der Waals surface area contributed by atoms with Crippen LogP contribution in [-0.2, 0) is 17.8 Å². The first-order valence-corrected chi connectivity index (χ1v) is 10.00. The number of pyridine rings is 1. The average molecular weight is 431 g/mol. The fourth-order valence-corrected chi connectivity index (χ4v) is 4.65. The minimum Gasteiger partial charge on any atom is -0.503 e. The second-order valence-electron chi connectivity index (χ2n) is 8.03. The summed E-state index contributed by atoms with van der Waals surface area (Å²) in [5.74, 6) is -3.73. The van der Waals surface area contributed by atoms with Crippen LogP contribution in [0.15, 0.2) is 29.2 Å². The number of halogens is 2. The average Bonchev–Trinajstić information content (AvgIpc) is 3.10. The summed E-state index contributed by atoms with van der Waals surface area (Å²) in [6.45, 7) is -0.108. The molecule has 1 aromatic carbocycles. The molecule has 3 heterocycles. The Labute approximate surface area is 175 Å². The molecule has 0 radical (unpaired) electrons. The van der Waals surface area contributed by atoms with Crippen molar-refractivity contribution in [3.05, 3.63) is 63.1 Å². The second kappa shape index (κ2) is 7.16. The van der Waals surface area contributed by atoms with E-state index in [-0.39, 0.29) is 42.1 Å². The van der Waals surface area contributed by atoms with Gasteiger partial charge in [0.1, 0.15) is 17.2 Å². The van der Waals surface area contributed by atoms with E-state index in [4.69, 9.17) is 4.74 Å². The van der Waals surface area contributed by atoms with Gasteiger partial charge in [-0.15, -0.1) is 0 Å².